The van der Waals surface area contributed by atoms with Crippen molar-refractivity contribution in [2.45, 2.75) is 4.90 Å². The fourth-order valence-corrected chi connectivity index (χ4v) is 3.45. The maximum absolute atomic E-state index is 12.4. The van der Waals surface area contributed by atoms with E-state index in [1.165, 1.54) is 13.2 Å². The Balaban J connectivity index is 2.40. The van der Waals surface area contributed by atoms with Gasteiger partial charge >= 0.3 is 0 Å². The normalized spacial score (nSPS) is 11.0. The van der Waals surface area contributed by atoms with Crippen molar-refractivity contribution in [1.29, 1.82) is 0 Å². The Morgan fingerprint density at radius 3 is 2.57 bits per heavy atom. The number of nitrogen functional groups attached to an aromatic ring is 1. The number of anilines is 2. The Kier molecular flexibility index (Phi) is 4.71. The summed E-state index contributed by atoms with van der Waals surface area (Å²) in [4.78, 5) is 0.0615. The van der Waals surface area contributed by atoms with E-state index in [9.17, 15) is 8.42 Å². The second kappa shape index (κ2) is 6.33. The number of hydrazine groups is 1. The second-order valence-electron chi connectivity index (χ2n) is 4.13. The molecule has 2 rings (SSSR count). The zero-order valence-electron chi connectivity index (χ0n) is 11.1. The number of ether oxygens (including phenoxy) is 1. The average molecular weight is 372 g/mol. The smallest absolute Gasteiger partial charge is 0.264 e. The SMILES string of the molecule is COc1cc(Br)cc(NS(=O)(=O)c2ccccc2NN)c1. The lowest BCUT2D eigenvalue weighted by Gasteiger charge is -2.12. The molecule has 0 heterocycles. The first kappa shape index (κ1) is 15.6. The highest BCUT2D eigenvalue weighted by Crippen LogP contribution is 2.28. The summed E-state index contributed by atoms with van der Waals surface area (Å²) in [5, 5.41) is 0. The number of hydrogen-bond donors (Lipinski definition) is 3. The highest BCUT2D eigenvalue weighted by atomic mass is 79.9. The van der Waals surface area contributed by atoms with Gasteiger partial charge in [0.1, 0.15) is 10.6 Å². The van der Waals surface area contributed by atoms with E-state index >= 15 is 0 Å². The van der Waals surface area contributed by atoms with E-state index in [-0.39, 0.29) is 4.90 Å². The maximum atomic E-state index is 12.4. The summed E-state index contributed by atoms with van der Waals surface area (Å²) in [7, 11) is -2.26. The number of benzene rings is 2. The summed E-state index contributed by atoms with van der Waals surface area (Å²) in [6, 6.07) is 11.3. The van der Waals surface area contributed by atoms with Gasteiger partial charge in [-0.3, -0.25) is 10.6 Å². The van der Waals surface area contributed by atoms with Gasteiger partial charge in [-0.1, -0.05) is 28.1 Å². The second-order valence-corrected chi connectivity index (χ2v) is 6.69. The zero-order valence-corrected chi connectivity index (χ0v) is 13.5. The van der Waals surface area contributed by atoms with Gasteiger partial charge in [0.05, 0.1) is 18.5 Å². The van der Waals surface area contributed by atoms with Crippen LogP contribution in [0, 0.1) is 0 Å². The number of nitrogens with two attached hydrogens (primary N) is 1. The summed E-state index contributed by atoms with van der Waals surface area (Å²) in [5.41, 5.74) is 3.06. The molecule has 0 amide bonds. The van der Waals surface area contributed by atoms with Crippen LogP contribution in [0.3, 0.4) is 0 Å². The standard InChI is InChI=1S/C13H14BrN3O3S/c1-20-11-7-9(14)6-10(8-11)17-21(18,19)13-5-3-2-4-12(13)16-15/h2-8,16-17H,15H2,1H3. The van der Waals surface area contributed by atoms with Gasteiger partial charge in [0, 0.05) is 10.5 Å². The van der Waals surface area contributed by atoms with Crippen LogP contribution in [0.25, 0.3) is 0 Å². The third kappa shape index (κ3) is 3.66. The monoisotopic (exact) mass is 371 g/mol. The highest BCUT2D eigenvalue weighted by molar-refractivity contribution is 9.10. The van der Waals surface area contributed by atoms with Crippen molar-refractivity contribution in [2.24, 2.45) is 5.84 Å². The molecule has 0 aromatic heterocycles. The molecule has 0 radical (unpaired) electrons. The Hall–Kier alpha value is -1.77. The fourth-order valence-electron chi connectivity index (χ4n) is 1.77. The van der Waals surface area contributed by atoms with Crippen molar-refractivity contribution in [3.63, 3.8) is 0 Å². The molecule has 8 heteroatoms. The molecule has 0 saturated carbocycles. The fraction of sp³-hybridized carbons (Fsp3) is 0.0769. The number of nitrogens with one attached hydrogen (secondary N) is 2. The summed E-state index contributed by atoms with van der Waals surface area (Å²) >= 11 is 3.30. The molecule has 112 valence electrons. The number of para-hydroxylation sites is 1. The van der Waals surface area contributed by atoms with Gasteiger partial charge in [0.15, 0.2) is 0 Å². The first-order valence-corrected chi connectivity index (χ1v) is 8.17. The van der Waals surface area contributed by atoms with Gasteiger partial charge in [-0.2, -0.15) is 0 Å². The molecule has 4 N–H and O–H groups in total. The molecule has 0 spiro atoms. The van der Waals surface area contributed by atoms with Crippen LogP contribution in [0.15, 0.2) is 51.8 Å². The molecule has 0 bridgehead atoms. The minimum absolute atomic E-state index is 0.0615. The Labute approximate surface area is 131 Å². The third-order valence-corrected chi connectivity index (χ3v) is 4.59. The molecule has 0 aliphatic heterocycles. The Morgan fingerprint density at radius 2 is 1.90 bits per heavy atom. The minimum atomic E-state index is -3.77. The van der Waals surface area contributed by atoms with E-state index in [0.717, 1.165) is 0 Å². The lowest BCUT2D eigenvalue weighted by molar-refractivity contribution is 0.415. The van der Waals surface area contributed by atoms with Crippen LogP contribution < -0.4 is 20.7 Å². The molecule has 6 nitrogen and oxygen atoms in total. The molecule has 0 aliphatic rings. The van der Waals surface area contributed by atoms with Gasteiger partial charge in [0.25, 0.3) is 10.0 Å². The van der Waals surface area contributed by atoms with E-state index in [1.54, 1.807) is 36.4 Å². The largest absolute Gasteiger partial charge is 0.497 e. The van der Waals surface area contributed by atoms with E-state index in [0.29, 0.717) is 21.6 Å². The van der Waals surface area contributed by atoms with Gasteiger partial charge in [-0.15, -0.1) is 0 Å². The molecule has 0 atom stereocenters. The first-order chi connectivity index (χ1) is 9.96. The van der Waals surface area contributed by atoms with Gasteiger partial charge in [-0.25, -0.2) is 8.42 Å². The van der Waals surface area contributed by atoms with E-state index in [2.05, 4.69) is 26.1 Å². The predicted molar refractivity (Wildman–Crippen MR) is 85.8 cm³/mol. The van der Waals surface area contributed by atoms with Crippen LogP contribution in [0.4, 0.5) is 11.4 Å². The number of halogens is 1. The van der Waals surface area contributed by atoms with Gasteiger partial charge < -0.3 is 10.2 Å². The van der Waals surface area contributed by atoms with Crippen molar-refractivity contribution in [3.8, 4) is 5.75 Å². The van der Waals surface area contributed by atoms with E-state index < -0.39 is 10.0 Å². The van der Waals surface area contributed by atoms with Crippen LogP contribution in [0.2, 0.25) is 0 Å². The first-order valence-electron chi connectivity index (χ1n) is 5.89. The summed E-state index contributed by atoms with van der Waals surface area (Å²) in [5.74, 6) is 5.88. The van der Waals surface area contributed by atoms with Crippen molar-refractivity contribution in [3.05, 3.63) is 46.9 Å². The lowest BCUT2D eigenvalue weighted by Crippen LogP contribution is -2.17. The van der Waals surface area contributed by atoms with Gasteiger partial charge in [-0.05, 0) is 24.3 Å². The molecule has 2 aromatic rings. The quantitative estimate of drug-likeness (QED) is 0.554. The maximum Gasteiger partial charge on any atom is 0.264 e. The summed E-state index contributed by atoms with van der Waals surface area (Å²) in [6.07, 6.45) is 0. The number of sulfonamides is 1. The summed E-state index contributed by atoms with van der Waals surface area (Å²) in [6.45, 7) is 0. The molecule has 0 saturated heterocycles. The number of methoxy groups -OCH3 is 1. The molecular weight excluding hydrogens is 358 g/mol. The van der Waals surface area contributed by atoms with Crippen LogP contribution in [0.5, 0.6) is 5.75 Å². The van der Waals surface area contributed by atoms with Crippen molar-refractivity contribution in [2.75, 3.05) is 17.3 Å². The van der Waals surface area contributed by atoms with E-state index in [1.807, 2.05) is 0 Å². The van der Waals surface area contributed by atoms with Crippen molar-refractivity contribution in [1.82, 2.24) is 0 Å². The Morgan fingerprint density at radius 1 is 1.19 bits per heavy atom. The van der Waals surface area contributed by atoms with Crippen LogP contribution in [0.1, 0.15) is 0 Å². The molecular formula is C13H14BrN3O3S. The van der Waals surface area contributed by atoms with Crippen molar-refractivity contribution < 1.29 is 13.2 Å². The average Bonchev–Trinajstić information content (AvgIpc) is 2.46. The molecule has 21 heavy (non-hydrogen) atoms. The molecule has 0 aliphatic carbocycles. The predicted octanol–water partition coefficient (Wildman–Crippen LogP) is 2.54. The molecule has 0 fully saturated rings. The number of hydrogen-bond acceptors (Lipinski definition) is 5. The van der Waals surface area contributed by atoms with Crippen LogP contribution >= 0.6 is 15.9 Å². The van der Waals surface area contributed by atoms with Gasteiger partial charge in [0.2, 0.25) is 0 Å². The van der Waals surface area contributed by atoms with Crippen molar-refractivity contribution >= 4 is 37.3 Å². The lowest BCUT2D eigenvalue weighted by atomic mass is 10.3. The number of rotatable bonds is 5. The molecule has 2 aromatic carbocycles. The summed E-state index contributed by atoms with van der Waals surface area (Å²) < 4.78 is 33.2. The Bertz CT molecular complexity index is 750. The zero-order chi connectivity index (χ0) is 15.5. The highest BCUT2D eigenvalue weighted by Gasteiger charge is 2.18. The minimum Gasteiger partial charge on any atom is -0.497 e. The van der Waals surface area contributed by atoms with Crippen LogP contribution in [-0.4, -0.2) is 15.5 Å². The third-order valence-electron chi connectivity index (χ3n) is 2.69. The van der Waals surface area contributed by atoms with E-state index in [4.69, 9.17) is 10.6 Å². The van der Waals surface area contributed by atoms with Crippen LogP contribution in [-0.2, 0) is 10.0 Å². The topological polar surface area (TPSA) is 93.4 Å². The molecule has 0 unspecified atom stereocenters.